The largest absolute Gasteiger partial charge is 0.469 e. The number of hydrogen-bond acceptors (Lipinski definition) is 6. The molecule has 1 rings (SSSR count). The quantitative estimate of drug-likeness (QED) is 0.762. The van der Waals surface area contributed by atoms with E-state index in [0.29, 0.717) is 5.56 Å². The molecule has 122 valence electrons. The number of hydrogen-bond donors (Lipinski definition) is 1. The molecule has 0 saturated heterocycles. The Morgan fingerprint density at radius 3 is 2.41 bits per heavy atom. The first-order chi connectivity index (χ1) is 10.2. The maximum absolute atomic E-state index is 13.8. The number of aryl methyl sites for hydroxylation is 1. The molecule has 1 aromatic carbocycles. The van der Waals surface area contributed by atoms with E-state index in [4.69, 9.17) is 0 Å². The van der Waals surface area contributed by atoms with Crippen molar-refractivity contribution in [1.82, 2.24) is 4.72 Å². The Kier molecular flexibility index (Phi) is 6.01. The van der Waals surface area contributed by atoms with Gasteiger partial charge in [0, 0.05) is 0 Å². The number of halogens is 1. The van der Waals surface area contributed by atoms with Gasteiger partial charge in [-0.1, -0.05) is 6.07 Å². The van der Waals surface area contributed by atoms with Crippen molar-refractivity contribution >= 4 is 22.0 Å². The van der Waals surface area contributed by atoms with Gasteiger partial charge in [-0.2, -0.15) is 4.72 Å². The van der Waals surface area contributed by atoms with Gasteiger partial charge in [-0.05, 0) is 24.6 Å². The lowest BCUT2D eigenvalue weighted by Gasteiger charge is -2.16. The highest BCUT2D eigenvalue weighted by Gasteiger charge is 2.30. The monoisotopic (exact) mass is 333 g/mol. The van der Waals surface area contributed by atoms with Crippen LogP contribution in [-0.2, 0) is 29.1 Å². The van der Waals surface area contributed by atoms with Crippen molar-refractivity contribution in [1.29, 1.82) is 0 Å². The van der Waals surface area contributed by atoms with E-state index in [0.717, 1.165) is 26.4 Å². The number of carbonyl (C=O) groups excluding carboxylic acids is 2. The van der Waals surface area contributed by atoms with Gasteiger partial charge in [0.15, 0.2) is 0 Å². The standard InChI is InChI=1S/C13H16FNO6S/c1-8-4-5-11(9(14)6-8)22(18,19)15-10(13(17)21-3)7-12(16)20-2/h4-6,10,15H,7H2,1-3H3/t10-/m1/s1. The summed E-state index contributed by atoms with van der Waals surface area (Å²) in [5.74, 6) is -2.77. The van der Waals surface area contributed by atoms with Crippen molar-refractivity contribution in [3.8, 4) is 0 Å². The molecule has 0 aliphatic rings. The number of methoxy groups -OCH3 is 2. The number of benzene rings is 1. The molecule has 9 heteroatoms. The number of carbonyl (C=O) groups is 2. The summed E-state index contributed by atoms with van der Waals surface area (Å²) in [6, 6.07) is 2.01. The number of rotatable bonds is 6. The topological polar surface area (TPSA) is 98.8 Å². The summed E-state index contributed by atoms with van der Waals surface area (Å²) >= 11 is 0. The van der Waals surface area contributed by atoms with Crippen molar-refractivity contribution in [2.45, 2.75) is 24.3 Å². The van der Waals surface area contributed by atoms with Crippen LogP contribution < -0.4 is 4.72 Å². The highest BCUT2D eigenvalue weighted by Crippen LogP contribution is 2.16. The lowest BCUT2D eigenvalue weighted by Crippen LogP contribution is -2.43. The van der Waals surface area contributed by atoms with E-state index in [1.54, 1.807) is 6.92 Å². The van der Waals surface area contributed by atoms with Crippen LogP contribution >= 0.6 is 0 Å². The van der Waals surface area contributed by atoms with E-state index in [1.807, 2.05) is 4.72 Å². The average Bonchev–Trinajstić information content (AvgIpc) is 2.44. The Morgan fingerprint density at radius 1 is 1.27 bits per heavy atom. The molecule has 1 N–H and O–H groups in total. The number of sulfonamides is 1. The third-order valence-electron chi connectivity index (χ3n) is 2.76. The summed E-state index contributed by atoms with van der Waals surface area (Å²) in [6.45, 7) is 1.60. The van der Waals surface area contributed by atoms with Crippen LogP contribution in [0.2, 0.25) is 0 Å². The van der Waals surface area contributed by atoms with Crippen molar-refractivity contribution in [3.63, 3.8) is 0 Å². The first-order valence-corrected chi connectivity index (χ1v) is 7.62. The minimum absolute atomic E-state index is 0.538. The molecular weight excluding hydrogens is 317 g/mol. The molecule has 22 heavy (non-hydrogen) atoms. The molecule has 1 atom stereocenters. The third kappa shape index (κ3) is 4.50. The van der Waals surface area contributed by atoms with E-state index >= 15 is 0 Å². The summed E-state index contributed by atoms with van der Waals surface area (Å²) in [5, 5.41) is 0. The van der Waals surface area contributed by atoms with E-state index in [2.05, 4.69) is 9.47 Å². The Hall–Kier alpha value is -2.00. The molecule has 0 unspecified atom stereocenters. The number of esters is 2. The van der Waals surface area contributed by atoms with Crippen LogP contribution in [0, 0.1) is 12.7 Å². The zero-order valence-electron chi connectivity index (χ0n) is 12.3. The van der Waals surface area contributed by atoms with Crippen LogP contribution in [0.25, 0.3) is 0 Å². The number of nitrogens with one attached hydrogen (secondary N) is 1. The van der Waals surface area contributed by atoms with Gasteiger partial charge < -0.3 is 9.47 Å². The Bertz CT molecular complexity index is 673. The SMILES string of the molecule is COC(=O)C[C@@H](NS(=O)(=O)c1ccc(C)cc1F)C(=O)OC. The van der Waals surface area contributed by atoms with Crippen LogP contribution in [0.1, 0.15) is 12.0 Å². The molecule has 0 aliphatic heterocycles. The maximum atomic E-state index is 13.8. The summed E-state index contributed by atoms with van der Waals surface area (Å²) in [4.78, 5) is 22.2. The van der Waals surface area contributed by atoms with Gasteiger partial charge in [0.05, 0.1) is 20.6 Å². The van der Waals surface area contributed by atoms with Gasteiger partial charge in [0.2, 0.25) is 10.0 Å². The smallest absolute Gasteiger partial charge is 0.324 e. The molecular formula is C13H16FNO6S. The van der Waals surface area contributed by atoms with Crippen LogP contribution in [0.5, 0.6) is 0 Å². The molecule has 0 bridgehead atoms. The Balaban J connectivity index is 3.09. The summed E-state index contributed by atoms with van der Waals surface area (Å²) < 4.78 is 48.8. The molecule has 1 aromatic rings. The Labute approximate surface area is 127 Å². The third-order valence-corrected chi connectivity index (χ3v) is 4.26. The highest BCUT2D eigenvalue weighted by molar-refractivity contribution is 7.89. The van der Waals surface area contributed by atoms with Gasteiger partial charge in [0.1, 0.15) is 16.8 Å². The lowest BCUT2D eigenvalue weighted by atomic mass is 10.2. The lowest BCUT2D eigenvalue weighted by molar-refractivity contribution is -0.149. The Morgan fingerprint density at radius 2 is 1.91 bits per heavy atom. The van der Waals surface area contributed by atoms with Gasteiger partial charge in [0.25, 0.3) is 0 Å². The van der Waals surface area contributed by atoms with Crippen LogP contribution in [0.4, 0.5) is 4.39 Å². The first kappa shape index (κ1) is 18.1. The zero-order valence-corrected chi connectivity index (χ0v) is 13.1. The predicted octanol–water partition coefficient (Wildman–Crippen LogP) is 0.517. The molecule has 0 spiro atoms. The second kappa shape index (κ2) is 7.32. The van der Waals surface area contributed by atoms with Gasteiger partial charge in [-0.3, -0.25) is 9.59 Å². The van der Waals surface area contributed by atoms with Crippen molar-refractivity contribution in [2.75, 3.05) is 14.2 Å². The normalized spacial score (nSPS) is 12.5. The molecule has 0 saturated carbocycles. The van der Waals surface area contributed by atoms with E-state index in [9.17, 15) is 22.4 Å². The van der Waals surface area contributed by atoms with Crippen molar-refractivity contribution in [2.24, 2.45) is 0 Å². The van der Waals surface area contributed by atoms with Gasteiger partial charge >= 0.3 is 11.9 Å². The molecule has 7 nitrogen and oxygen atoms in total. The molecule has 0 heterocycles. The fourth-order valence-electron chi connectivity index (χ4n) is 1.64. The van der Waals surface area contributed by atoms with Crippen LogP contribution in [0.3, 0.4) is 0 Å². The predicted molar refractivity (Wildman–Crippen MR) is 73.9 cm³/mol. The molecule has 0 fully saturated rings. The molecule has 0 aromatic heterocycles. The van der Waals surface area contributed by atoms with Crippen LogP contribution in [0.15, 0.2) is 23.1 Å². The highest BCUT2D eigenvalue weighted by atomic mass is 32.2. The first-order valence-electron chi connectivity index (χ1n) is 6.14. The summed E-state index contributed by atoms with van der Waals surface area (Å²) in [7, 11) is -2.23. The number of ether oxygens (including phenoxy) is 2. The molecule has 0 amide bonds. The second-order valence-corrected chi connectivity index (χ2v) is 6.09. The van der Waals surface area contributed by atoms with E-state index in [-0.39, 0.29) is 0 Å². The maximum Gasteiger partial charge on any atom is 0.324 e. The van der Waals surface area contributed by atoms with Gasteiger partial charge in [-0.15, -0.1) is 0 Å². The second-order valence-electron chi connectivity index (χ2n) is 4.41. The van der Waals surface area contributed by atoms with Gasteiger partial charge in [-0.25, -0.2) is 12.8 Å². The van der Waals surface area contributed by atoms with E-state index < -0.39 is 45.1 Å². The molecule has 0 radical (unpaired) electrons. The van der Waals surface area contributed by atoms with Crippen molar-refractivity contribution in [3.05, 3.63) is 29.6 Å². The van der Waals surface area contributed by atoms with E-state index in [1.165, 1.54) is 6.07 Å². The summed E-state index contributed by atoms with van der Waals surface area (Å²) in [6.07, 6.45) is -0.574. The zero-order chi connectivity index (χ0) is 16.9. The average molecular weight is 333 g/mol. The minimum Gasteiger partial charge on any atom is -0.469 e. The fourth-order valence-corrected chi connectivity index (χ4v) is 2.88. The van der Waals surface area contributed by atoms with Crippen LogP contribution in [-0.4, -0.2) is 40.6 Å². The summed E-state index contributed by atoms with van der Waals surface area (Å²) in [5.41, 5.74) is 0.538. The molecule has 0 aliphatic carbocycles. The minimum atomic E-state index is -4.35. The van der Waals surface area contributed by atoms with Crippen molar-refractivity contribution < 1.29 is 31.9 Å². The fraction of sp³-hybridized carbons (Fsp3) is 0.385.